The van der Waals surface area contributed by atoms with Crippen molar-refractivity contribution in [2.45, 2.75) is 19.7 Å². The van der Waals surface area contributed by atoms with Gasteiger partial charge in [0.15, 0.2) is 0 Å². The zero-order chi connectivity index (χ0) is 24.5. The first-order valence-corrected chi connectivity index (χ1v) is 11.6. The smallest absolute Gasteiger partial charge is 0.319 e. The van der Waals surface area contributed by atoms with Crippen LogP contribution in [-0.4, -0.2) is 30.0 Å². The Morgan fingerprint density at radius 1 is 0.886 bits per heavy atom. The number of hydrogen-bond acceptors (Lipinski definition) is 4. The minimum Gasteiger partial charge on any atom is -0.488 e. The predicted octanol–water partition coefficient (Wildman–Crippen LogP) is 5.71. The van der Waals surface area contributed by atoms with Gasteiger partial charge in [-0.3, -0.25) is 4.98 Å². The minimum atomic E-state index is -0.261. The lowest BCUT2D eigenvalue weighted by molar-refractivity contribution is 0.251. The van der Waals surface area contributed by atoms with Crippen LogP contribution in [0.2, 0.25) is 0 Å². The van der Waals surface area contributed by atoms with Crippen LogP contribution in [0.4, 0.5) is 10.5 Å². The molecule has 0 atom stereocenters. The van der Waals surface area contributed by atoms with Crippen molar-refractivity contribution in [1.82, 2.24) is 15.2 Å². The van der Waals surface area contributed by atoms with Crippen LogP contribution in [0, 0.1) is 0 Å². The summed E-state index contributed by atoms with van der Waals surface area (Å²) in [6, 6.07) is 27.8. The zero-order valence-corrected chi connectivity index (χ0v) is 20.1. The minimum absolute atomic E-state index is 0.261. The van der Waals surface area contributed by atoms with E-state index >= 15 is 0 Å². The van der Waals surface area contributed by atoms with Crippen molar-refractivity contribution in [3.63, 3.8) is 0 Å². The topological polar surface area (TPSA) is 66.5 Å². The summed E-state index contributed by atoms with van der Waals surface area (Å²) in [4.78, 5) is 18.4. The van der Waals surface area contributed by atoms with Gasteiger partial charge in [-0.25, -0.2) is 4.79 Å². The molecule has 0 aliphatic rings. The van der Waals surface area contributed by atoms with E-state index in [0.29, 0.717) is 13.2 Å². The third kappa shape index (κ3) is 7.16. The van der Waals surface area contributed by atoms with Crippen LogP contribution >= 0.6 is 0 Å². The van der Waals surface area contributed by atoms with E-state index in [0.717, 1.165) is 40.2 Å². The Balaban J connectivity index is 1.34. The number of hydrogen-bond donors (Lipinski definition) is 2. The number of benzene rings is 3. The second kappa shape index (κ2) is 11.8. The summed E-state index contributed by atoms with van der Waals surface area (Å²) in [6.45, 7) is 1.74. The van der Waals surface area contributed by atoms with Gasteiger partial charge in [0.05, 0.1) is 0 Å². The Morgan fingerprint density at radius 2 is 1.69 bits per heavy atom. The van der Waals surface area contributed by atoms with Crippen molar-refractivity contribution in [2.75, 3.05) is 19.4 Å². The predicted molar refractivity (Wildman–Crippen MR) is 140 cm³/mol. The van der Waals surface area contributed by atoms with Crippen LogP contribution in [0.5, 0.6) is 5.75 Å². The van der Waals surface area contributed by atoms with Crippen molar-refractivity contribution in [3.05, 3.63) is 114 Å². The molecule has 4 aromatic rings. The van der Waals surface area contributed by atoms with Crippen LogP contribution in [-0.2, 0) is 19.7 Å². The van der Waals surface area contributed by atoms with E-state index in [1.807, 2.05) is 54.6 Å². The molecule has 1 aromatic heterocycles. The second-order valence-electron chi connectivity index (χ2n) is 8.59. The summed E-state index contributed by atoms with van der Waals surface area (Å²) in [6.07, 6.45) is 3.44. The molecule has 2 N–H and O–H groups in total. The van der Waals surface area contributed by atoms with E-state index in [-0.39, 0.29) is 6.03 Å². The third-order valence-corrected chi connectivity index (χ3v) is 5.41. The molecular weight excluding hydrogens is 436 g/mol. The normalized spacial score (nSPS) is 10.7. The zero-order valence-electron chi connectivity index (χ0n) is 20.1. The number of carbonyl (C=O) groups excluding carboxylic acids is 1. The maximum atomic E-state index is 12.2. The number of pyridine rings is 1. The van der Waals surface area contributed by atoms with Crippen molar-refractivity contribution >= 4 is 11.7 Å². The Bertz CT molecular complexity index is 1240. The number of amides is 2. The summed E-state index contributed by atoms with van der Waals surface area (Å²) >= 11 is 0. The van der Waals surface area contributed by atoms with Crippen molar-refractivity contribution in [3.8, 4) is 16.9 Å². The van der Waals surface area contributed by atoms with Gasteiger partial charge in [0.1, 0.15) is 12.4 Å². The molecule has 6 nitrogen and oxygen atoms in total. The fourth-order valence-corrected chi connectivity index (χ4v) is 3.74. The lowest BCUT2D eigenvalue weighted by atomic mass is 10.0. The molecule has 2 amide bonds. The van der Waals surface area contributed by atoms with E-state index < -0.39 is 0 Å². The van der Waals surface area contributed by atoms with Crippen molar-refractivity contribution in [1.29, 1.82) is 0 Å². The van der Waals surface area contributed by atoms with E-state index in [4.69, 9.17) is 4.74 Å². The first-order chi connectivity index (χ1) is 17.1. The highest BCUT2D eigenvalue weighted by Gasteiger charge is 2.08. The summed E-state index contributed by atoms with van der Waals surface area (Å²) in [5.41, 5.74) is 6.14. The molecule has 35 heavy (non-hydrogen) atoms. The van der Waals surface area contributed by atoms with E-state index in [1.165, 1.54) is 5.56 Å². The van der Waals surface area contributed by atoms with Crippen LogP contribution in [0.3, 0.4) is 0 Å². The Hall–Kier alpha value is -4.16. The Morgan fingerprint density at radius 3 is 2.46 bits per heavy atom. The standard InChI is InChI=1S/C29H30N4O2/c1-33(2)20-23-7-5-9-25(17-23)27-10-3-4-11-28(27)35-21-22-12-14-26(15-13-22)32-29(34)31-19-24-8-6-16-30-18-24/h3-18H,19-21H2,1-2H3,(H2,31,32,34). The van der Waals surface area contributed by atoms with Gasteiger partial charge in [-0.15, -0.1) is 0 Å². The van der Waals surface area contributed by atoms with E-state index in [2.05, 4.69) is 64.9 Å². The second-order valence-corrected chi connectivity index (χ2v) is 8.59. The first-order valence-electron chi connectivity index (χ1n) is 11.6. The van der Waals surface area contributed by atoms with E-state index in [1.54, 1.807) is 12.4 Å². The lowest BCUT2D eigenvalue weighted by Crippen LogP contribution is -2.28. The first kappa shape index (κ1) is 24.0. The number of anilines is 1. The number of aromatic nitrogens is 1. The molecule has 0 bridgehead atoms. The van der Waals surface area contributed by atoms with Crippen LogP contribution in [0.25, 0.3) is 11.1 Å². The quantitative estimate of drug-likeness (QED) is 0.332. The molecule has 0 fully saturated rings. The van der Waals surface area contributed by atoms with Gasteiger partial charge >= 0.3 is 6.03 Å². The highest BCUT2D eigenvalue weighted by atomic mass is 16.5. The number of rotatable bonds is 9. The number of para-hydroxylation sites is 1. The monoisotopic (exact) mass is 466 g/mol. The molecule has 4 rings (SSSR count). The summed E-state index contributed by atoms with van der Waals surface area (Å²) in [5.74, 6) is 0.839. The van der Waals surface area contributed by atoms with E-state index in [9.17, 15) is 4.79 Å². The lowest BCUT2D eigenvalue weighted by Gasteiger charge is -2.14. The Kier molecular flexibility index (Phi) is 8.09. The molecule has 6 heteroatoms. The van der Waals surface area contributed by atoms with Gasteiger partial charge < -0.3 is 20.3 Å². The molecule has 0 unspecified atom stereocenters. The summed E-state index contributed by atoms with van der Waals surface area (Å²) < 4.78 is 6.19. The van der Waals surface area contributed by atoms with Crippen molar-refractivity contribution < 1.29 is 9.53 Å². The van der Waals surface area contributed by atoms with Gasteiger partial charge in [0, 0.05) is 36.7 Å². The molecule has 3 aromatic carbocycles. The molecular formula is C29H30N4O2. The molecule has 0 saturated heterocycles. The molecule has 0 aliphatic carbocycles. The van der Waals surface area contributed by atoms with Gasteiger partial charge in [0.2, 0.25) is 0 Å². The Labute approximate surface area is 206 Å². The molecule has 0 aliphatic heterocycles. The molecule has 1 heterocycles. The summed E-state index contributed by atoms with van der Waals surface area (Å²) in [7, 11) is 4.14. The van der Waals surface area contributed by atoms with Gasteiger partial charge in [-0.1, -0.05) is 54.6 Å². The number of urea groups is 1. The fourth-order valence-electron chi connectivity index (χ4n) is 3.74. The highest BCUT2D eigenvalue weighted by Crippen LogP contribution is 2.31. The average Bonchev–Trinajstić information content (AvgIpc) is 2.88. The molecule has 0 radical (unpaired) electrons. The summed E-state index contributed by atoms with van der Waals surface area (Å²) in [5, 5.41) is 5.68. The largest absolute Gasteiger partial charge is 0.488 e. The highest BCUT2D eigenvalue weighted by molar-refractivity contribution is 5.89. The maximum Gasteiger partial charge on any atom is 0.319 e. The van der Waals surface area contributed by atoms with Gasteiger partial charge in [-0.05, 0) is 66.7 Å². The SMILES string of the molecule is CN(C)Cc1cccc(-c2ccccc2OCc2ccc(NC(=O)NCc3cccnc3)cc2)c1. The number of carbonyl (C=O) groups is 1. The molecule has 0 saturated carbocycles. The fraction of sp³-hybridized carbons (Fsp3) is 0.172. The average molecular weight is 467 g/mol. The van der Waals surface area contributed by atoms with Gasteiger partial charge in [-0.2, -0.15) is 0 Å². The number of nitrogens with one attached hydrogen (secondary N) is 2. The third-order valence-electron chi connectivity index (χ3n) is 5.41. The number of nitrogens with zero attached hydrogens (tertiary/aromatic N) is 2. The van der Waals surface area contributed by atoms with Crippen LogP contribution in [0.15, 0.2) is 97.3 Å². The van der Waals surface area contributed by atoms with Gasteiger partial charge in [0.25, 0.3) is 0 Å². The van der Waals surface area contributed by atoms with Crippen LogP contribution in [0.1, 0.15) is 16.7 Å². The van der Waals surface area contributed by atoms with Crippen molar-refractivity contribution in [2.24, 2.45) is 0 Å². The maximum absolute atomic E-state index is 12.2. The molecule has 0 spiro atoms. The molecule has 178 valence electrons. The number of ether oxygens (including phenoxy) is 1. The van der Waals surface area contributed by atoms with Crippen LogP contribution < -0.4 is 15.4 Å².